The Labute approximate surface area is 289 Å². The molecule has 0 heterocycles. The molecule has 4 heteroatoms. The maximum atomic E-state index is 6.13. The van der Waals surface area contributed by atoms with Crippen molar-refractivity contribution in [2.75, 3.05) is 19.5 Å². The standard InChI is InChI=1S/C18H28N3.C18H27N.C5H10.C2H4/c1-18-10-4-5-14(12-21(2)3)16(18)9-7-13-6-8-15(20-19)11-17(13)18;1-4-17(2)10-5-11-18(3)15-12-14(19)8-6-13(15)7-9-16(17)18;1-4-5(2)3;1-2/h6,8,11-12,14,16,20H,4-5,7,9-10,19H2,1-3H3;4,12,16H,1,5-11,19H2,2-3H3;2,4H2,1,3H3;1-2H2/q+1;;;/t;16?,17-,18?;;/m.0../s1. The Kier molecular flexibility index (Phi) is 13.6. The van der Waals surface area contributed by atoms with Crippen molar-refractivity contribution in [3.05, 3.63) is 90.2 Å². The van der Waals surface area contributed by atoms with Gasteiger partial charge in [-0.3, -0.25) is 5.84 Å². The fourth-order valence-corrected chi connectivity index (χ4v) is 9.78. The number of benzene rings is 1. The molecule has 1 aromatic rings. The summed E-state index contributed by atoms with van der Waals surface area (Å²) >= 11 is 0. The lowest BCUT2D eigenvalue weighted by Crippen LogP contribution is -2.46. The average Bonchev–Trinajstić information content (AvgIpc) is 3.06. The van der Waals surface area contributed by atoms with Crippen LogP contribution < -0.4 is 17.0 Å². The number of allylic oxidation sites excluding steroid dienone is 6. The van der Waals surface area contributed by atoms with Gasteiger partial charge in [0, 0.05) is 17.3 Å². The number of hydrogen-bond acceptors (Lipinski definition) is 3. The normalized spacial score (nSPS) is 31.8. The highest BCUT2D eigenvalue weighted by atomic mass is 15.2. The van der Waals surface area contributed by atoms with E-state index < -0.39 is 0 Å². The SMILES string of the molecule is C=C.C=C(C)CC.C=C[C@@]1(C)CCCC2(C)C3=C(CCC(N)=C3)CCC21.C[N+](C)=CC1CCCC2(C)c3cc(NN)ccc3CCC12. The van der Waals surface area contributed by atoms with Crippen LogP contribution in [0.4, 0.5) is 5.69 Å². The van der Waals surface area contributed by atoms with Crippen LogP contribution >= 0.6 is 0 Å². The summed E-state index contributed by atoms with van der Waals surface area (Å²) in [6, 6.07) is 6.67. The van der Waals surface area contributed by atoms with Crippen LogP contribution in [0.2, 0.25) is 0 Å². The van der Waals surface area contributed by atoms with Gasteiger partial charge in [0.25, 0.3) is 0 Å². The van der Waals surface area contributed by atoms with E-state index in [-0.39, 0.29) is 0 Å². The van der Waals surface area contributed by atoms with Crippen LogP contribution in [0.25, 0.3) is 0 Å². The molecule has 6 atom stereocenters. The molecule has 0 aliphatic heterocycles. The summed E-state index contributed by atoms with van der Waals surface area (Å²) in [5.74, 6) is 7.84. The summed E-state index contributed by atoms with van der Waals surface area (Å²) < 4.78 is 2.24. The zero-order chi connectivity index (χ0) is 35.0. The number of anilines is 1. The first-order valence-corrected chi connectivity index (χ1v) is 18.4. The molecule has 47 heavy (non-hydrogen) atoms. The number of nitrogens with zero attached hydrogens (tertiary/aromatic N) is 1. The fraction of sp³-hybridized carbons (Fsp3) is 0.605. The monoisotopic (exact) mass is 642 g/mol. The fourth-order valence-electron chi connectivity index (χ4n) is 9.78. The van der Waals surface area contributed by atoms with Crippen LogP contribution in [-0.2, 0) is 11.8 Å². The Morgan fingerprint density at radius 2 is 1.66 bits per heavy atom. The lowest BCUT2D eigenvalue weighted by molar-refractivity contribution is -0.462. The first-order valence-electron chi connectivity index (χ1n) is 18.4. The minimum absolute atomic E-state index is 0.301. The van der Waals surface area contributed by atoms with Crippen molar-refractivity contribution in [1.29, 1.82) is 0 Å². The molecule has 2 fully saturated rings. The third-order valence-corrected chi connectivity index (χ3v) is 12.5. The molecule has 0 aromatic heterocycles. The summed E-state index contributed by atoms with van der Waals surface area (Å²) in [5.41, 5.74) is 19.6. The molecule has 260 valence electrons. The van der Waals surface area contributed by atoms with Gasteiger partial charge in [0.2, 0.25) is 0 Å². The summed E-state index contributed by atoms with van der Waals surface area (Å²) in [7, 11) is 4.30. The number of hydrogen-bond donors (Lipinski definition) is 3. The Morgan fingerprint density at radius 3 is 2.28 bits per heavy atom. The van der Waals surface area contributed by atoms with Gasteiger partial charge >= 0.3 is 0 Å². The van der Waals surface area contributed by atoms with Crippen molar-refractivity contribution >= 4 is 11.9 Å². The van der Waals surface area contributed by atoms with Crippen LogP contribution in [-0.4, -0.2) is 24.9 Å². The second-order valence-corrected chi connectivity index (χ2v) is 15.9. The van der Waals surface area contributed by atoms with Crippen LogP contribution in [0.1, 0.15) is 123 Å². The lowest BCUT2D eigenvalue weighted by atomic mass is 9.49. The van der Waals surface area contributed by atoms with Gasteiger partial charge in [0.15, 0.2) is 0 Å². The molecule has 5 N–H and O–H groups in total. The van der Waals surface area contributed by atoms with Crippen LogP contribution in [0.15, 0.2) is 79.1 Å². The smallest absolute Gasteiger partial charge is 0.142 e. The van der Waals surface area contributed by atoms with E-state index in [4.69, 9.17) is 11.6 Å². The number of aryl methyl sites for hydroxylation is 1. The van der Waals surface area contributed by atoms with Crippen molar-refractivity contribution < 1.29 is 4.58 Å². The van der Waals surface area contributed by atoms with Gasteiger partial charge in [0.05, 0.1) is 0 Å². The first kappa shape index (κ1) is 38.6. The predicted molar refractivity (Wildman–Crippen MR) is 207 cm³/mol. The van der Waals surface area contributed by atoms with Crippen molar-refractivity contribution in [1.82, 2.24) is 0 Å². The Bertz CT molecular complexity index is 1350. The number of nitrogens with two attached hydrogens (primary N) is 2. The molecule has 4 nitrogen and oxygen atoms in total. The van der Waals surface area contributed by atoms with E-state index >= 15 is 0 Å². The highest BCUT2D eigenvalue weighted by Gasteiger charge is 2.51. The van der Waals surface area contributed by atoms with Gasteiger partial charge in [-0.25, -0.2) is 4.58 Å². The topological polar surface area (TPSA) is 67.1 Å². The highest BCUT2D eigenvalue weighted by molar-refractivity contribution is 5.59. The molecule has 6 rings (SSSR count). The van der Waals surface area contributed by atoms with E-state index in [0.717, 1.165) is 36.1 Å². The first-order chi connectivity index (χ1) is 22.3. The van der Waals surface area contributed by atoms with Gasteiger partial charge in [-0.2, -0.15) is 0 Å². The molecule has 0 spiro atoms. The summed E-state index contributed by atoms with van der Waals surface area (Å²) in [4.78, 5) is 0. The largest absolute Gasteiger partial charge is 0.402 e. The molecule has 0 saturated heterocycles. The van der Waals surface area contributed by atoms with E-state index in [2.05, 4.69) is 115 Å². The van der Waals surface area contributed by atoms with Crippen molar-refractivity contribution in [3.63, 3.8) is 0 Å². The van der Waals surface area contributed by atoms with Crippen LogP contribution in [0.3, 0.4) is 0 Å². The van der Waals surface area contributed by atoms with Crippen molar-refractivity contribution in [2.24, 2.45) is 40.2 Å². The van der Waals surface area contributed by atoms with Crippen molar-refractivity contribution in [3.8, 4) is 0 Å². The van der Waals surface area contributed by atoms with Crippen molar-refractivity contribution in [2.45, 2.75) is 124 Å². The van der Waals surface area contributed by atoms with Gasteiger partial charge in [0.1, 0.15) is 20.3 Å². The zero-order valence-electron chi connectivity index (χ0n) is 31.3. The summed E-state index contributed by atoms with van der Waals surface area (Å²) in [5, 5.41) is 0. The molecule has 0 amide bonds. The Balaban J connectivity index is 0.000000215. The molecular weight excluding hydrogens is 573 g/mol. The average molecular weight is 642 g/mol. The van der Waals surface area contributed by atoms with E-state index in [0.29, 0.717) is 22.2 Å². The number of nitrogen functional groups attached to an aromatic ring is 1. The predicted octanol–water partition coefficient (Wildman–Crippen LogP) is 10.4. The summed E-state index contributed by atoms with van der Waals surface area (Å²) in [6.45, 7) is 25.3. The van der Waals surface area contributed by atoms with Crippen LogP contribution in [0.5, 0.6) is 0 Å². The van der Waals surface area contributed by atoms with Gasteiger partial charge in [-0.15, -0.1) is 26.3 Å². The Hall–Kier alpha value is -2.85. The minimum Gasteiger partial charge on any atom is -0.402 e. The van der Waals surface area contributed by atoms with Crippen LogP contribution in [0, 0.1) is 28.6 Å². The lowest BCUT2D eigenvalue weighted by Gasteiger charge is -2.55. The van der Waals surface area contributed by atoms with E-state index in [9.17, 15) is 0 Å². The third kappa shape index (κ3) is 8.42. The molecular formula is C43H69N4+. The summed E-state index contributed by atoms with van der Waals surface area (Å²) in [6.07, 6.45) is 23.4. The highest BCUT2D eigenvalue weighted by Crippen LogP contribution is 2.61. The zero-order valence-corrected chi connectivity index (χ0v) is 31.3. The number of fused-ring (bicyclic) bond motifs is 5. The van der Waals surface area contributed by atoms with E-state index in [1.807, 2.05) is 6.92 Å². The molecule has 0 radical (unpaired) electrons. The van der Waals surface area contributed by atoms with Gasteiger partial charge < -0.3 is 11.2 Å². The maximum Gasteiger partial charge on any atom is 0.142 e. The second-order valence-electron chi connectivity index (χ2n) is 15.9. The number of hydrazine groups is 1. The third-order valence-electron chi connectivity index (χ3n) is 12.5. The molecule has 0 bridgehead atoms. The molecule has 5 unspecified atom stereocenters. The van der Waals surface area contributed by atoms with Gasteiger partial charge in [-0.05, 0) is 141 Å². The molecule has 2 saturated carbocycles. The maximum absolute atomic E-state index is 6.13. The molecule has 5 aliphatic rings. The molecule has 5 aliphatic carbocycles. The van der Waals surface area contributed by atoms with E-state index in [1.165, 1.54) is 87.3 Å². The number of rotatable bonds is 4. The second kappa shape index (κ2) is 16.5. The minimum atomic E-state index is 0.301. The van der Waals surface area contributed by atoms with Gasteiger partial charge in [-0.1, -0.05) is 63.8 Å². The number of nitrogens with one attached hydrogen (secondary N) is 1. The van der Waals surface area contributed by atoms with E-state index in [1.54, 1.807) is 11.1 Å². The quantitative estimate of drug-likeness (QED) is 0.101. The molecule has 1 aromatic carbocycles. The Morgan fingerprint density at radius 1 is 0.979 bits per heavy atom.